The Morgan fingerprint density at radius 1 is 1.12 bits per heavy atom. The summed E-state index contributed by atoms with van der Waals surface area (Å²) in [6, 6.07) is 0. The number of carbonyl (C=O) groups excluding carboxylic acids is 2. The molecule has 0 spiro atoms. The highest BCUT2D eigenvalue weighted by Gasteiger charge is 2.62. The second-order valence-electron chi connectivity index (χ2n) is 10.2. The van der Waals surface area contributed by atoms with Gasteiger partial charge in [0.15, 0.2) is 0 Å². The molecule has 0 aliphatic heterocycles. The Labute approximate surface area is 151 Å². The van der Waals surface area contributed by atoms with E-state index in [0.717, 1.165) is 32.1 Å². The van der Waals surface area contributed by atoms with Crippen molar-refractivity contribution in [1.82, 2.24) is 0 Å². The first kappa shape index (κ1) is 17.7. The average molecular weight is 347 g/mol. The summed E-state index contributed by atoms with van der Waals surface area (Å²) in [5.74, 6) is 3.51. The second-order valence-corrected chi connectivity index (χ2v) is 10.2. The van der Waals surface area contributed by atoms with Crippen LogP contribution in [0.5, 0.6) is 0 Å². The first-order valence-electron chi connectivity index (χ1n) is 10.4. The molecule has 4 aliphatic carbocycles. The van der Waals surface area contributed by atoms with Crippen LogP contribution >= 0.6 is 0 Å². The van der Waals surface area contributed by atoms with Gasteiger partial charge in [-0.25, -0.2) is 0 Å². The van der Waals surface area contributed by atoms with Gasteiger partial charge >= 0.3 is 0 Å². The van der Waals surface area contributed by atoms with Crippen molar-refractivity contribution in [3.8, 4) is 0 Å². The summed E-state index contributed by atoms with van der Waals surface area (Å²) in [7, 11) is 0. The molecule has 0 aromatic carbocycles. The summed E-state index contributed by atoms with van der Waals surface area (Å²) in [4.78, 5) is 24.4. The van der Waals surface area contributed by atoms with Gasteiger partial charge in [0, 0.05) is 25.4 Å². The maximum Gasteiger partial charge on any atom is 0.133 e. The highest BCUT2D eigenvalue weighted by molar-refractivity contribution is 5.80. The first-order chi connectivity index (χ1) is 11.8. The predicted molar refractivity (Wildman–Crippen MR) is 96.9 cm³/mol. The van der Waals surface area contributed by atoms with Gasteiger partial charge in [-0.15, -0.1) is 0 Å². The maximum atomic E-state index is 12.4. The van der Waals surface area contributed by atoms with Crippen LogP contribution in [0, 0.1) is 46.3 Å². The number of Topliss-reactive ketones (excluding diaryl/α,β-unsaturated/α-hetero) is 2. The van der Waals surface area contributed by atoms with Gasteiger partial charge in [-0.2, -0.15) is 0 Å². The molecular weight excluding hydrogens is 312 g/mol. The van der Waals surface area contributed by atoms with E-state index in [1.54, 1.807) is 6.92 Å². The van der Waals surface area contributed by atoms with Crippen molar-refractivity contribution in [2.75, 3.05) is 6.61 Å². The van der Waals surface area contributed by atoms with Crippen molar-refractivity contribution in [1.29, 1.82) is 0 Å². The zero-order valence-electron chi connectivity index (χ0n) is 16.1. The van der Waals surface area contributed by atoms with Crippen LogP contribution in [0.25, 0.3) is 0 Å². The average Bonchev–Trinajstić information content (AvgIpc) is 2.88. The van der Waals surface area contributed by atoms with Crippen LogP contribution in [0.4, 0.5) is 0 Å². The van der Waals surface area contributed by atoms with E-state index in [1.807, 2.05) is 0 Å². The van der Waals surface area contributed by atoms with Crippen molar-refractivity contribution in [2.24, 2.45) is 46.3 Å². The van der Waals surface area contributed by atoms with Crippen LogP contribution in [0.1, 0.15) is 72.1 Å². The molecule has 0 amide bonds. The van der Waals surface area contributed by atoms with E-state index in [0.29, 0.717) is 34.9 Å². The van der Waals surface area contributed by atoms with Gasteiger partial charge in [0.2, 0.25) is 0 Å². The van der Waals surface area contributed by atoms with E-state index < -0.39 is 0 Å². The molecule has 8 unspecified atom stereocenters. The number of carbonyl (C=O) groups is 2. The molecule has 140 valence electrons. The SMILES string of the molecule is CC(=O)C1C(CO)CC2C3CCC4CC(=O)CCC4(C)C3CCC21C. The molecule has 0 aromatic heterocycles. The molecule has 8 atom stereocenters. The molecule has 4 saturated carbocycles. The minimum Gasteiger partial charge on any atom is -0.396 e. The van der Waals surface area contributed by atoms with E-state index in [1.165, 1.54) is 19.3 Å². The fourth-order valence-electron chi connectivity index (χ4n) is 8.20. The zero-order valence-corrected chi connectivity index (χ0v) is 16.1. The maximum absolute atomic E-state index is 12.4. The van der Waals surface area contributed by atoms with Gasteiger partial charge in [-0.05, 0) is 85.9 Å². The van der Waals surface area contributed by atoms with E-state index in [2.05, 4.69) is 13.8 Å². The number of aliphatic hydroxyl groups is 1. The van der Waals surface area contributed by atoms with Gasteiger partial charge in [0.05, 0.1) is 0 Å². The van der Waals surface area contributed by atoms with Gasteiger partial charge in [0.1, 0.15) is 11.6 Å². The molecule has 0 radical (unpaired) electrons. The Bertz CT molecular complexity index is 584. The van der Waals surface area contributed by atoms with Gasteiger partial charge in [-0.1, -0.05) is 13.8 Å². The number of aliphatic hydroxyl groups excluding tert-OH is 1. The summed E-state index contributed by atoms with van der Waals surface area (Å²) in [6.45, 7) is 6.69. The van der Waals surface area contributed by atoms with E-state index >= 15 is 0 Å². The van der Waals surface area contributed by atoms with Crippen LogP contribution in [0.15, 0.2) is 0 Å². The normalized spacial score (nSPS) is 52.2. The van der Waals surface area contributed by atoms with Crippen molar-refractivity contribution in [3.63, 3.8) is 0 Å². The molecular formula is C22H34O3. The van der Waals surface area contributed by atoms with Crippen LogP contribution < -0.4 is 0 Å². The molecule has 1 N–H and O–H groups in total. The molecule has 3 heteroatoms. The molecule has 0 saturated heterocycles. The summed E-state index contributed by atoms with van der Waals surface area (Å²) in [6.07, 6.45) is 8.41. The molecule has 0 aromatic rings. The Morgan fingerprint density at radius 2 is 1.88 bits per heavy atom. The van der Waals surface area contributed by atoms with Crippen LogP contribution in [-0.2, 0) is 9.59 Å². The number of ketones is 2. The van der Waals surface area contributed by atoms with Crippen molar-refractivity contribution in [3.05, 3.63) is 0 Å². The third-order valence-electron chi connectivity index (χ3n) is 9.33. The number of hydrogen-bond donors (Lipinski definition) is 1. The zero-order chi connectivity index (χ0) is 18.0. The van der Waals surface area contributed by atoms with Gasteiger partial charge < -0.3 is 5.11 Å². The molecule has 4 fully saturated rings. The predicted octanol–water partition coefficient (Wildman–Crippen LogP) is 4.02. The molecule has 25 heavy (non-hydrogen) atoms. The number of rotatable bonds is 2. The number of fused-ring (bicyclic) bond motifs is 5. The fourth-order valence-corrected chi connectivity index (χ4v) is 8.20. The topological polar surface area (TPSA) is 54.4 Å². The van der Waals surface area contributed by atoms with Gasteiger partial charge in [0.25, 0.3) is 0 Å². The Morgan fingerprint density at radius 3 is 2.56 bits per heavy atom. The van der Waals surface area contributed by atoms with Crippen LogP contribution in [-0.4, -0.2) is 23.3 Å². The van der Waals surface area contributed by atoms with E-state index in [-0.39, 0.29) is 29.6 Å². The first-order valence-corrected chi connectivity index (χ1v) is 10.4. The largest absolute Gasteiger partial charge is 0.396 e. The summed E-state index contributed by atoms with van der Waals surface area (Å²) >= 11 is 0. The highest BCUT2D eigenvalue weighted by Crippen LogP contribution is 2.68. The minimum atomic E-state index is 0.0434. The quantitative estimate of drug-likeness (QED) is 0.821. The summed E-state index contributed by atoms with van der Waals surface area (Å²) < 4.78 is 0. The summed E-state index contributed by atoms with van der Waals surface area (Å²) in [5, 5.41) is 9.92. The smallest absolute Gasteiger partial charge is 0.133 e. The second kappa shape index (κ2) is 5.90. The van der Waals surface area contributed by atoms with E-state index in [9.17, 15) is 14.7 Å². The fraction of sp³-hybridized carbons (Fsp3) is 0.909. The summed E-state index contributed by atoms with van der Waals surface area (Å²) in [5.41, 5.74) is 0.398. The monoisotopic (exact) mass is 346 g/mol. The Kier molecular flexibility index (Phi) is 4.18. The third-order valence-corrected chi connectivity index (χ3v) is 9.33. The molecule has 4 rings (SSSR count). The Hall–Kier alpha value is -0.700. The lowest BCUT2D eigenvalue weighted by molar-refractivity contribution is -0.143. The standard InChI is InChI=1S/C22H34O3/c1-13(24)20-14(12-23)10-19-17-5-4-15-11-16(25)6-8-21(15,2)18(17)7-9-22(19,20)3/h14-15,17-20,23H,4-12H2,1-3H3. The van der Waals surface area contributed by atoms with Crippen LogP contribution in [0.2, 0.25) is 0 Å². The number of hydrogen-bond acceptors (Lipinski definition) is 3. The van der Waals surface area contributed by atoms with Crippen LogP contribution in [0.3, 0.4) is 0 Å². The molecule has 4 aliphatic rings. The lowest BCUT2D eigenvalue weighted by Gasteiger charge is -2.60. The highest BCUT2D eigenvalue weighted by atomic mass is 16.3. The van der Waals surface area contributed by atoms with E-state index in [4.69, 9.17) is 0 Å². The molecule has 0 bridgehead atoms. The van der Waals surface area contributed by atoms with Crippen molar-refractivity contribution in [2.45, 2.75) is 72.1 Å². The lowest BCUT2D eigenvalue weighted by atomic mass is 9.44. The lowest BCUT2D eigenvalue weighted by Crippen LogP contribution is -2.53. The van der Waals surface area contributed by atoms with Crippen molar-refractivity contribution >= 4 is 11.6 Å². The van der Waals surface area contributed by atoms with Gasteiger partial charge in [-0.3, -0.25) is 9.59 Å². The minimum absolute atomic E-state index is 0.0434. The molecule has 0 heterocycles. The Balaban J connectivity index is 1.65. The van der Waals surface area contributed by atoms with Crippen molar-refractivity contribution < 1.29 is 14.7 Å². The molecule has 3 nitrogen and oxygen atoms in total. The third kappa shape index (κ3) is 2.40.